The summed E-state index contributed by atoms with van der Waals surface area (Å²) in [6.07, 6.45) is 1.30. The zero-order valence-corrected chi connectivity index (χ0v) is 15.9. The topological polar surface area (TPSA) is 89.7 Å². The zero-order chi connectivity index (χ0) is 19.2. The first-order valence-electron chi connectivity index (χ1n) is 8.67. The van der Waals surface area contributed by atoms with Crippen LogP contribution in [-0.4, -0.2) is 54.9 Å². The molecule has 0 unspecified atom stereocenters. The molecule has 3 N–H and O–H groups in total. The molecule has 0 fully saturated rings. The average molecular weight is 360 g/mol. The molecule has 0 atom stereocenters. The van der Waals surface area contributed by atoms with Gasteiger partial charge in [-0.1, -0.05) is 18.2 Å². The highest BCUT2D eigenvalue weighted by Gasteiger charge is 2.19. The molecule has 1 aromatic heterocycles. The van der Waals surface area contributed by atoms with Gasteiger partial charge in [0, 0.05) is 25.5 Å². The van der Waals surface area contributed by atoms with E-state index in [1.807, 2.05) is 45.0 Å². The van der Waals surface area contributed by atoms with E-state index in [0.29, 0.717) is 32.0 Å². The van der Waals surface area contributed by atoms with Crippen molar-refractivity contribution >= 4 is 28.4 Å². The first-order valence-corrected chi connectivity index (χ1v) is 8.67. The van der Waals surface area contributed by atoms with Gasteiger partial charge in [-0.15, -0.1) is 0 Å². The zero-order valence-electron chi connectivity index (χ0n) is 15.9. The number of nitrogens with one attached hydrogen (secondary N) is 1. The van der Waals surface area contributed by atoms with E-state index in [9.17, 15) is 4.79 Å². The Hall–Kier alpha value is -2.54. The van der Waals surface area contributed by atoms with E-state index in [1.54, 1.807) is 13.2 Å². The van der Waals surface area contributed by atoms with Crippen molar-refractivity contribution in [3.05, 3.63) is 30.5 Å². The van der Waals surface area contributed by atoms with Crippen LogP contribution in [0, 0.1) is 0 Å². The van der Waals surface area contributed by atoms with Gasteiger partial charge in [-0.2, -0.15) is 0 Å². The lowest BCUT2D eigenvalue weighted by Gasteiger charge is -2.24. The fourth-order valence-electron chi connectivity index (χ4n) is 2.34. The van der Waals surface area contributed by atoms with Gasteiger partial charge in [0.15, 0.2) is 0 Å². The molecular formula is C19H28N4O3. The van der Waals surface area contributed by atoms with Crippen molar-refractivity contribution in [2.45, 2.75) is 26.4 Å². The fourth-order valence-corrected chi connectivity index (χ4v) is 2.34. The van der Waals surface area contributed by atoms with Crippen molar-refractivity contribution in [1.82, 2.24) is 9.88 Å². The second-order valence-electron chi connectivity index (χ2n) is 7.05. The van der Waals surface area contributed by atoms with Gasteiger partial charge in [0.25, 0.3) is 0 Å². The summed E-state index contributed by atoms with van der Waals surface area (Å²) < 4.78 is 10.9. The van der Waals surface area contributed by atoms with Gasteiger partial charge in [-0.25, -0.2) is 4.79 Å². The highest BCUT2D eigenvalue weighted by Crippen LogP contribution is 2.27. The standard InChI is InChI=1S/C19H28N4O3/c1-19(2,3)26-18(24)23(4)10-12-25-11-9-21-17-14-7-5-6-8-16(14)22-13-15(17)20/h5-8,13H,9-12,20H2,1-4H3,(H,21,22). The van der Waals surface area contributed by atoms with Crippen LogP contribution in [0.15, 0.2) is 30.5 Å². The molecule has 26 heavy (non-hydrogen) atoms. The minimum Gasteiger partial charge on any atom is -0.444 e. The number of rotatable bonds is 7. The Bertz CT molecular complexity index is 743. The number of carbonyl (C=O) groups is 1. The molecule has 1 heterocycles. The largest absolute Gasteiger partial charge is 0.444 e. The van der Waals surface area contributed by atoms with E-state index < -0.39 is 5.60 Å². The van der Waals surface area contributed by atoms with Crippen molar-refractivity contribution in [1.29, 1.82) is 0 Å². The number of nitrogens with two attached hydrogens (primary N) is 1. The van der Waals surface area contributed by atoms with Gasteiger partial charge in [-0.05, 0) is 26.8 Å². The van der Waals surface area contributed by atoms with Gasteiger partial charge in [0.1, 0.15) is 5.60 Å². The van der Waals surface area contributed by atoms with Crippen molar-refractivity contribution in [3.63, 3.8) is 0 Å². The van der Waals surface area contributed by atoms with Crippen LogP contribution in [0.1, 0.15) is 20.8 Å². The van der Waals surface area contributed by atoms with Gasteiger partial charge >= 0.3 is 6.09 Å². The number of anilines is 2. The summed E-state index contributed by atoms with van der Waals surface area (Å²) in [6.45, 7) is 7.53. The van der Waals surface area contributed by atoms with Crippen molar-refractivity contribution in [2.75, 3.05) is 44.4 Å². The van der Waals surface area contributed by atoms with E-state index in [-0.39, 0.29) is 6.09 Å². The van der Waals surface area contributed by atoms with E-state index in [2.05, 4.69) is 10.3 Å². The minimum atomic E-state index is -0.497. The second kappa shape index (κ2) is 8.71. The normalized spacial score (nSPS) is 11.4. The third kappa shape index (κ3) is 5.77. The van der Waals surface area contributed by atoms with Crippen LogP contribution >= 0.6 is 0 Å². The molecular weight excluding hydrogens is 332 g/mol. The summed E-state index contributed by atoms with van der Waals surface area (Å²) in [5.41, 5.74) is 7.89. The van der Waals surface area contributed by atoms with Gasteiger partial charge < -0.3 is 25.4 Å². The first-order chi connectivity index (χ1) is 12.3. The predicted octanol–water partition coefficient (Wildman–Crippen LogP) is 3.11. The number of aromatic nitrogens is 1. The highest BCUT2D eigenvalue weighted by molar-refractivity contribution is 5.96. The number of para-hydroxylation sites is 1. The lowest BCUT2D eigenvalue weighted by atomic mass is 10.1. The van der Waals surface area contributed by atoms with Crippen LogP contribution in [0.3, 0.4) is 0 Å². The quantitative estimate of drug-likeness (QED) is 0.738. The monoisotopic (exact) mass is 360 g/mol. The average Bonchev–Trinajstić information content (AvgIpc) is 2.57. The molecule has 0 aliphatic rings. The number of pyridine rings is 1. The SMILES string of the molecule is CN(CCOCCNc1c(N)cnc2ccccc12)C(=O)OC(C)(C)C. The number of ether oxygens (including phenoxy) is 2. The summed E-state index contributed by atoms with van der Waals surface area (Å²) in [4.78, 5) is 17.7. The number of nitrogens with zero attached hydrogens (tertiary/aromatic N) is 2. The Morgan fingerprint density at radius 2 is 2.00 bits per heavy atom. The van der Waals surface area contributed by atoms with Crippen LogP contribution in [-0.2, 0) is 9.47 Å². The van der Waals surface area contributed by atoms with Crippen LogP contribution < -0.4 is 11.1 Å². The Kier molecular flexibility index (Phi) is 6.63. The smallest absolute Gasteiger partial charge is 0.410 e. The van der Waals surface area contributed by atoms with Crippen LogP contribution in [0.5, 0.6) is 0 Å². The first kappa shape index (κ1) is 19.8. The summed E-state index contributed by atoms with van der Waals surface area (Å²) >= 11 is 0. The molecule has 0 saturated heterocycles. The maximum absolute atomic E-state index is 11.8. The summed E-state index contributed by atoms with van der Waals surface area (Å²) in [5.74, 6) is 0. The van der Waals surface area contributed by atoms with E-state index in [0.717, 1.165) is 16.6 Å². The molecule has 142 valence electrons. The fraction of sp³-hybridized carbons (Fsp3) is 0.474. The van der Waals surface area contributed by atoms with Crippen molar-refractivity contribution in [2.24, 2.45) is 0 Å². The maximum atomic E-state index is 11.8. The molecule has 7 nitrogen and oxygen atoms in total. The Morgan fingerprint density at radius 3 is 2.73 bits per heavy atom. The molecule has 1 amide bonds. The second-order valence-corrected chi connectivity index (χ2v) is 7.05. The molecule has 7 heteroatoms. The molecule has 2 rings (SSSR count). The number of nitrogen functional groups attached to an aromatic ring is 1. The highest BCUT2D eigenvalue weighted by atomic mass is 16.6. The number of hydrogen-bond acceptors (Lipinski definition) is 6. The molecule has 0 aliphatic heterocycles. The summed E-state index contributed by atoms with van der Waals surface area (Å²) in [5, 5.41) is 4.29. The number of benzene rings is 1. The molecule has 0 aliphatic carbocycles. The van der Waals surface area contributed by atoms with E-state index in [1.165, 1.54) is 4.90 Å². The third-order valence-electron chi connectivity index (χ3n) is 3.63. The predicted molar refractivity (Wildman–Crippen MR) is 104 cm³/mol. The van der Waals surface area contributed by atoms with E-state index in [4.69, 9.17) is 15.2 Å². The number of carbonyl (C=O) groups excluding carboxylic acids is 1. The number of likely N-dealkylation sites (N-methyl/N-ethyl adjacent to an activating group) is 1. The van der Waals surface area contributed by atoms with Gasteiger partial charge in [-0.3, -0.25) is 4.98 Å². The van der Waals surface area contributed by atoms with Gasteiger partial charge in [0.05, 0.1) is 36.3 Å². The molecule has 0 saturated carbocycles. The van der Waals surface area contributed by atoms with Crippen molar-refractivity contribution < 1.29 is 14.3 Å². The third-order valence-corrected chi connectivity index (χ3v) is 3.63. The number of fused-ring (bicyclic) bond motifs is 1. The number of hydrogen-bond donors (Lipinski definition) is 2. The lowest BCUT2D eigenvalue weighted by Crippen LogP contribution is -2.36. The van der Waals surface area contributed by atoms with Gasteiger partial charge in [0.2, 0.25) is 0 Å². The van der Waals surface area contributed by atoms with E-state index >= 15 is 0 Å². The molecule has 1 aromatic carbocycles. The summed E-state index contributed by atoms with van der Waals surface area (Å²) in [7, 11) is 1.69. The lowest BCUT2D eigenvalue weighted by molar-refractivity contribution is 0.0237. The molecule has 2 aromatic rings. The van der Waals surface area contributed by atoms with Crippen LogP contribution in [0.4, 0.5) is 16.2 Å². The van der Waals surface area contributed by atoms with Crippen LogP contribution in [0.25, 0.3) is 10.9 Å². The molecule has 0 spiro atoms. The number of amides is 1. The minimum absolute atomic E-state index is 0.352. The van der Waals surface area contributed by atoms with Crippen molar-refractivity contribution in [3.8, 4) is 0 Å². The Balaban J connectivity index is 1.73. The Labute approximate surface area is 154 Å². The Morgan fingerprint density at radius 1 is 1.27 bits per heavy atom. The molecule has 0 radical (unpaired) electrons. The molecule has 0 bridgehead atoms. The maximum Gasteiger partial charge on any atom is 0.410 e. The summed E-state index contributed by atoms with van der Waals surface area (Å²) in [6, 6.07) is 7.83. The van der Waals surface area contributed by atoms with Crippen LogP contribution in [0.2, 0.25) is 0 Å².